The Morgan fingerprint density at radius 3 is 2.30 bits per heavy atom. The lowest BCUT2D eigenvalue weighted by molar-refractivity contribution is -0.00472. The zero-order valence-electron chi connectivity index (χ0n) is 19.1. The predicted octanol–water partition coefficient (Wildman–Crippen LogP) is 3.39. The Balaban J connectivity index is 1.74. The number of amides is 2. The number of ether oxygens (including phenoxy) is 1. The van der Waals surface area contributed by atoms with Gasteiger partial charge < -0.3 is 10.1 Å². The molecule has 1 aliphatic rings. The van der Waals surface area contributed by atoms with Crippen LogP contribution in [0.3, 0.4) is 0 Å². The highest BCUT2D eigenvalue weighted by Crippen LogP contribution is 2.29. The molecule has 0 radical (unpaired) electrons. The van der Waals surface area contributed by atoms with Gasteiger partial charge in [-0.05, 0) is 48.2 Å². The molecule has 0 saturated carbocycles. The molecule has 2 atom stereocenters. The van der Waals surface area contributed by atoms with Gasteiger partial charge in [-0.25, -0.2) is 8.98 Å². The van der Waals surface area contributed by atoms with Gasteiger partial charge in [-0.15, -0.1) is 0 Å². The van der Waals surface area contributed by atoms with Crippen molar-refractivity contribution in [1.29, 1.82) is 5.41 Å². The zero-order chi connectivity index (χ0) is 24.6. The summed E-state index contributed by atoms with van der Waals surface area (Å²) < 4.78 is 32.6. The summed E-state index contributed by atoms with van der Waals surface area (Å²) in [6, 6.07) is 12.9. The quantitative estimate of drug-likeness (QED) is 0.389. The molecule has 2 amide bonds. The van der Waals surface area contributed by atoms with Gasteiger partial charge >= 0.3 is 6.09 Å². The highest BCUT2D eigenvalue weighted by molar-refractivity contribution is 7.86. The fraction of sp³-hybridized carbons (Fsp3) is 0.348. The second-order valence-corrected chi connectivity index (χ2v) is 10.4. The predicted molar refractivity (Wildman–Crippen MR) is 124 cm³/mol. The molecule has 2 aromatic rings. The van der Waals surface area contributed by atoms with Gasteiger partial charge in [-0.3, -0.25) is 15.1 Å². The van der Waals surface area contributed by atoms with E-state index in [-0.39, 0.29) is 17.2 Å². The molecule has 0 bridgehead atoms. The third-order valence-corrected chi connectivity index (χ3v) is 5.68. The molecule has 33 heavy (non-hydrogen) atoms. The largest absolute Gasteiger partial charge is 0.417 e. The van der Waals surface area contributed by atoms with E-state index in [4.69, 9.17) is 14.3 Å². The van der Waals surface area contributed by atoms with Crippen LogP contribution in [-0.2, 0) is 24.5 Å². The van der Waals surface area contributed by atoms with Crippen molar-refractivity contribution in [1.82, 2.24) is 5.32 Å². The highest BCUT2D eigenvalue weighted by Gasteiger charge is 2.42. The second kappa shape index (κ2) is 8.95. The van der Waals surface area contributed by atoms with E-state index in [1.807, 2.05) is 32.9 Å². The first-order chi connectivity index (χ1) is 15.3. The normalized spacial score (nSPS) is 18.7. The molecular formula is C23H27N3O6S. The molecule has 9 nitrogen and oxygen atoms in total. The number of benzene rings is 2. The Labute approximate surface area is 193 Å². The molecule has 1 heterocycles. The molecule has 1 saturated heterocycles. The molecule has 2 unspecified atom stereocenters. The molecule has 3 rings (SSSR count). The van der Waals surface area contributed by atoms with Crippen molar-refractivity contribution in [2.24, 2.45) is 0 Å². The van der Waals surface area contributed by atoms with Crippen LogP contribution in [0, 0.1) is 5.41 Å². The summed E-state index contributed by atoms with van der Waals surface area (Å²) >= 11 is 0. The van der Waals surface area contributed by atoms with Crippen molar-refractivity contribution in [3.8, 4) is 0 Å². The van der Waals surface area contributed by atoms with Gasteiger partial charge in [0.2, 0.25) is 6.29 Å². The van der Waals surface area contributed by atoms with Crippen molar-refractivity contribution in [2.75, 3.05) is 11.2 Å². The van der Waals surface area contributed by atoms with Crippen molar-refractivity contribution >= 4 is 33.6 Å². The lowest BCUT2D eigenvalue weighted by Gasteiger charge is -2.22. The summed E-state index contributed by atoms with van der Waals surface area (Å²) in [7, 11) is -3.81. The van der Waals surface area contributed by atoms with Gasteiger partial charge in [-0.1, -0.05) is 39.0 Å². The summed E-state index contributed by atoms with van der Waals surface area (Å²) in [6.45, 7) is 7.64. The summed E-state index contributed by atoms with van der Waals surface area (Å²) in [5.41, 5.74) is 2.00. The van der Waals surface area contributed by atoms with E-state index < -0.39 is 28.5 Å². The van der Waals surface area contributed by atoms with Crippen LogP contribution < -0.4 is 10.2 Å². The minimum atomic E-state index is -3.81. The molecule has 0 aliphatic carbocycles. The highest BCUT2D eigenvalue weighted by atomic mass is 32.2. The SMILES string of the molecule is CC1C(OS(C)(=O)=O)OC(=O)N1c1ccc(C(=N)NC(=O)c2ccccc2C(C)(C)C)cc1. The van der Waals surface area contributed by atoms with Gasteiger partial charge in [-0.2, -0.15) is 8.42 Å². The van der Waals surface area contributed by atoms with Crippen LogP contribution in [0.4, 0.5) is 10.5 Å². The van der Waals surface area contributed by atoms with Crippen LogP contribution in [0.15, 0.2) is 48.5 Å². The first-order valence-corrected chi connectivity index (χ1v) is 12.1. The number of hydrogen-bond acceptors (Lipinski definition) is 7. The molecular weight excluding hydrogens is 446 g/mol. The Bertz CT molecular complexity index is 1190. The fourth-order valence-electron chi connectivity index (χ4n) is 3.53. The van der Waals surface area contributed by atoms with E-state index >= 15 is 0 Å². The second-order valence-electron chi connectivity index (χ2n) is 8.83. The van der Waals surface area contributed by atoms with E-state index in [2.05, 4.69) is 5.32 Å². The minimum Gasteiger partial charge on any atom is -0.416 e. The summed E-state index contributed by atoms with van der Waals surface area (Å²) in [6.07, 6.45) is -1.12. The van der Waals surface area contributed by atoms with E-state index in [0.717, 1.165) is 11.8 Å². The number of carbonyl (C=O) groups is 2. The van der Waals surface area contributed by atoms with Gasteiger partial charge in [0.15, 0.2) is 0 Å². The molecule has 176 valence electrons. The van der Waals surface area contributed by atoms with Crippen molar-refractivity contribution in [3.63, 3.8) is 0 Å². The van der Waals surface area contributed by atoms with Crippen molar-refractivity contribution in [3.05, 3.63) is 65.2 Å². The monoisotopic (exact) mass is 473 g/mol. The van der Waals surface area contributed by atoms with E-state index in [9.17, 15) is 18.0 Å². The summed E-state index contributed by atoms with van der Waals surface area (Å²) in [5.74, 6) is -0.474. The van der Waals surface area contributed by atoms with Crippen LogP contribution in [0.25, 0.3) is 0 Å². The number of nitrogens with one attached hydrogen (secondary N) is 2. The minimum absolute atomic E-state index is 0.0920. The number of anilines is 1. The summed E-state index contributed by atoms with van der Waals surface area (Å²) in [5, 5.41) is 10.9. The Hall–Kier alpha value is -3.24. The molecule has 1 fully saturated rings. The molecule has 10 heteroatoms. The van der Waals surface area contributed by atoms with E-state index in [1.54, 1.807) is 43.3 Å². The van der Waals surface area contributed by atoms with Crippen LogP contribution in [0.1, 0.15) is 49.2 Å². The number of rotatable bonds is 5. The first-order valence-electron chi connectivity index (χ1n) is 10.3. The van der Waals surface area contributed by atoms with Gasteiger partial charge in [0.25, 0.3) is 16.0 Å². The third-order valence-electron chi connectivity index (χ3n) is 5.14. The number of carbonyl (C=O) groups excluding carboxylic acids is 2. The Kier molecular flexibility index (Phi) is 6.62. The maximum atomic E-state index is 12.8. The molecule has 2 N–H and O–H groups in total. The average Bonchev–Trinajstić information content (AvgIpc) is 2.98. The summed E-state index contributed by atoms with van der Waals surface area (Å²) in [4.78, 5) is 26.3. The maximum absolute atomic E-state index is 12.8. The third kappa shape index (κ3) is 5.58. The molecule has 0 spiro atoms. The van der Waals surface area contributed by atoms with Crippen molar-refractivity contribution < 1.29 is 26.9 Å². The standard InChI is InChI=1S/C23H27N3O6S/c1-14-21(32-33(5,29)30)31-22(28)26(14)16-12-10-15(11-13-16)19(24)25-20(27)17-8-6-7-9-18(17)23(2,3)4/h6-14,21H,1-5H3,(H2,24,25,27). The van der Waals surface area contributed by atoms with E-state index in [0.29, 0.717) is 16.8 Å². The zero-order valence-corrected chi connectivity index (χ0v) is 19.9. The van der Waals surface area contributed by atoms with Gasteiger partial charge in [0.1, 0.15) is 11.9 Å². The topological polar surface area (TPSA) is 126 Å². The number of cyclic esters (lactones) is 1. The fourth-order valence-corrected chi connectivity index (χ4v) is 4.08. The van der Waals surface area contributed by atoms with Crippen LogP contribution in [0.2, 0.25) is 0 Å². The molecule has 2 aromatic carbocycles. The van der Waals surface area contributed by atoms with Crippen LogP contribution in [0.5, 0.6) is 0 Å². The lowest BCUT2D eigenvalue weighted by Crippen LogP contribution is -2.36. The van der Waals surface area contributed by atoms with E-state index in [1.165, 1.54) is 4.90 Å². The Morgan fingerprint density at radius 2 is 1.73 bits per heavy atom. The first kappa shape index (κ1) is 24.4. The van der Waals surface area contributed by atoms with Crippen LogP contribution >= 0.6 is 0 Å². The smallest absolute Gasteiger partial charge is 0.416 e. The number of amidine groups is 1. The molecule has 1 aliphatic heterocycles. The number of nitrogens with zero attached hydrogens (tertiary/aromatic N) is 1. The van der Waals surface area contributed by atoms with Crippen LogP contribution in [-0.4, -0.2) is 44.8 Å². The lowest BCUT2D eigenvalue weighted by atomic mass is 9.83. The van der Waals surface area contributed by atoms with Gasteiger partial charge in [0.05, 0.1) is 6.26 Å². The molecule has 0 aromatic heterocycles. The number of hydrogen-bond donors (Lipinski definition) is 2. The Morgan fingerprint density at radius 1 is 1.12 bits per heavy atom. The maximum Gasteiger partial charge on any atom is 0.417 e. The van der Waals surface area contributed by atoms with Crippen molar-refractivity contribution in [2.45, 2.75) is 45.4 Å². The van der Waals surface area contributed by atoms with Gasteiger partial charge in [0, 0.05) is 16.8 Å². The average molecular weight is 474 g/mol.